The molecule has 3 heteroatoms. The molecule has 0 aliphatic rings. The first-order chi connectivity index (χ1) is 9.02. The van der Waals surface area contributed by atoms with Crippen LogP contribution in [0.1, 0.15) is 27.6 Å². The van der Waals surface area contributed by atoms with Gasteiger partial charge in [-0.25, -0.2) is 0 Å². The maximum absolute atomic E-state index is 6.56. The van der Waals surface area contributed by atoms with Crippen molar-refractivity contribution in [1.29, 1.82) is 0 Å². The first-order valence-electron chi connectivity index (χ1n) is 6.07. The third-order valence-corrected chi connectivity index (χ3v) is 3.95. The molecular formula is C16H16Cl2O. The zero-order valence-electron chi connectivity index (χ0n) is 11.2. The van der Waals surface area contributed by atoms with Crippen molar-refractivity contribution in [3.63, 3.8) is 0 Å². The Morgan fingerprint density at radius 2 is 1.79 bits per heavy atom. The summed E-state index contributed by atoms with van der Waals surface area (Å²) in [5, 5.41) is 0.374. The summed E-state index contributed by atoms with van der Waals surface area (Å²) in [5.74, 6) is 0.662. The Balaban J connectivity index is 2.38. The Bertz CT molecular complexity index is 593. The monoisotopic (exact) mass is 294 g/mol. The van der Waals surface area contributed by atoms with E-state index >= 15 is 0 Å². The molecule has 0 heterocycles. The van der Waals surface area contributed by atoms with Crippen molar-refractivity contribution in [2.75, 3.05) is 7.11 Å². The molecule has 1 atom stereocenters. The molecule has 0 radical (unpaired) electrons. The van der Waals surface area contributed by atoms with E-state index in [1.165, 1.54) is 11.1 Å². The number of rotatable bonds is 3. The van der Waals surface area contributed by atoms with Crippen LogP contribution in [0.25, 0.3) is 0 Å². The molecule has 1 nitrogen and oxygen atoms in total. The molecule has 1 unspecified atom stereocenters. The van der Waals surface area contributed by atoms with Crippen LogP contribution >= 0.6 is 23.2 Å². The fourth-order valence-electron chi connectivity index (χ4n) is 2.13. The van der Waals surface area contributed by atoms with Crippen LogP contribution < -0.4 is 4.74 Å². The summed E-state index contributed by atoms with van der Waals surface area (Å²) >= 11 is 12.7. The highest BCUT2D eigenvalue weighted by atomic mass is 35.5. The highest BCUT2D eigenvalue weighted by molar-refractivity contribution is 6.32. The largest absolute Gasteiger partial charge is 0.495 e. The van der Waals surface area contributed by atoms with Gasteiger partial charge in [0.15, 0.2) is 0 Å². The van der Waals surface area contributed by atoms with Gasteiger partial charge < -0.3 is 4.74 Å². The van der Waals surface area contributed by atoms with Crippen LogP contribution in [0.3, 0.4) is 0 Å². The second-order valence-corrected chi connectivity index (χ2v) is 5.46. The first-order valence-corrected chi connectivity index (χ1v) is 6.89. The van der Waals surface area contributed by atoms with Crippen LogP contribution in [0.2, 0.25) is 5.02 Å². The van der Waals surface area contributed by atoms with E-state index in [0.29, 0.717) is 10.8 Å². The van der Waals surface area contributed by atoms with Crippen molar-refractivity contribution in [3.8, 4) is 5.75 Å². The number of halogens is 2. The summed E-state index contributed by atoms with van der Waals surface area (Å²) in [6, 6.07) is 11.9. The molecule has 0 saturated heterocycles. The molecule has 100 valence electrons. The summed E-state index contributed by atoms with van der Waals surface area (Å²) in [6.45, 7) is 4.15. The number of ether oxygens (including phenoxy) is 1. The standard InChI is InChI=1S/C16H16Cl2O/c1-10-4-6-13(11(2)8-10)16(18)12-5-7-15(19-3)14(17)9-12/h4-9,16H,1-3H3. The average molecular weight is 295 g/mol. The van der Waals surface area contributed by atoms with Gasteiger partial charge in [0.2, 0.25) is 0 Å². The van der Waals surface area contributed by atoms with Crippen molar-refractivity contribution >= 4 is 23.2 Å². The fourth-order valence-corrected chi connectivity index (χ4v) is 2.78. The van der Waals surface area contributed by atoms with Gasteiger partial charge in [-0.1, -0.05) is 41.4 Å². The lowest BCUT2D eigenvalue weighted by molar-refractivity contribution is 0.415. The first kappa shape index (κ1) is 14.2. The molecule has 0 fully saturated rings. The number of alkyl halides is 1. The summed E-state index contributed by atoms with van der Waals surface area (Å²) in [5.41, 5.74) is 4.50. The Kier molecular flexibility index (Phi) is 4.38. The van der Waals surface area contributed by atoms with E-state index in [2.05, 4.69) is 32.0 Å². The van der Waals surface area contributed by atoms with Gasteiger partial charge in [0, 0.05) is 0 Å². The van der Waals surface area contributed by atoms with Gasteiger partial charge in [-0.2, -0.15) is 0 Å². The molecule has 0 aliphatic heterocycles. The second kappa shape index (κ2) is 5.85. The van der Waals surface area contributed by atoms with E-state index in [1.54, 1.807) is 7.11 Å². The van der Waals surface area contributed by atoms with E-state index in [4.69, 9.17) is 27.9 Å². The summed E-state index contributed by atoms with van der Waals surface area (Å²) in [7, 11) is 1.60. The maximum atomic E-state index is 6.56. The highest BCUT2D eigenvalue weighted by Gasteiger charge is 2.14. The Morgan fingerprint density at radius 1 is 1.05 bits per heavy atom. The van der Waals surface area contributed by atoms with Crippen LogP contribution in [-0.4, -0.2) is 7.11 Å². The molecule has 19 heavy (non-hydrogen) atoms. The summed E-state index contributed by atoms with van der Waals surface area (Å²) < 4.78 is 5.15. The fraction of sp³-hybridized carbons (Fsp3) is 0.250. The van der Waals surface area contributed by atoms with Crippen molar-refractivity contribution in [1.82, 2.24) is 0 Å². The van der Waals surface area contributed by atoms with Crippen molar-refractivity contribution in [3.05, 3.63) is 63.7 Å². The minimum absolute atomic E-state index is 0.205. The topological polar surface area (TPSA) is 9.23 Å². The van der Waals surface area contributed by atoms with E-state index in [9.17, 15) is 0 Å². The average Bonchev–Trinajstić information content (AvgIpc) is 2.38. The number of benzene rings is 2. The minimum atomic E-state index is -0.205. The Hall–Kier alpha value is -1.18. The molecule has 0 amide bonds. The Labute approximate surface area is 124 Å². The van der Waals surface area contributed by atoms with Crippen LogP contribution in [0.4, 0.5) is 0 Å². The van der Waals surface area contributed by atoms with Crippen LogP contribution in [-0.2, 0) is 0 Å². The van der Waals surface area contributed by atoms with Gasteiger partial charge in [0.05, 0.1) is 17.5 Å². The SMILES string of the molecule is COc1ccc(C(Cl)c2ccc(C)cc2C)cc1Cl. The molecule has 0 bridgehead atoms. The van der Waals surface area contributed by atoms with Crippen molar-refractivity contribution in [2.45, 2.75) is 19.2 Å². The van der Waals surface area contributed by atoms with E-state index in [-0.39, 0.29) is 5.38 Å². The predicted molar refractivity (Wildman–Crippen MR) is 81.6 cm³/mol. The van der Waals surface area contributed by atoms with Crippen molar-refractivity contribution < 1.29 is 4.74 Å². The minimum Gasteiger partial charge on any atom is -0.495 e. The van der Waals surface area contributed by atoms with Gasteiger partial charge in [0.1, 0.15) is 5.75 Å². The smallest absolute Gasteiger partial charge is 0.137 e. The van der Waals surface area contributed by atoms with Gasteiger partial charge >= 0.3 is 0 Å². The number of aryl methyl sites for hydroxylation is 2. The molecule has 0 saturated carbocycles. The number of hydrogen-bond acceptors (Lipinski definition) is 1. The second-order valence-electron chi connectivity index (χ2n) is 4.62. The zero-order chi connectivity index (χ0) is 14.0. The van der Waals surface area contributed by atoms with Crippen LogP contribution in [0.15, 0.2) is 36.4 Å². The normalized spacial score (nSPS) is 12.3. The van der Waals surface area contributed by atoms with E-state index < -0.39 is 0 Å². The summed E-state index contributed by atoms with van der Waals surface area (Å²) in [6.07, 6.45) is 0. The lowest BCUT2D eigenvalue weighted by Gasteiger charge is -2.15. The molecule has 0 spiro atoms. The summed E-state index contributed by atoms with van der Waals surface area (Å²) in [4.78, 5) is 0. The number of methoxy groups -OCH3 is 1. The molecular weight excluding hydrogens is 279 g/mol. The third-order valence-electron chi connectivity index (χ3n) is 3.17. The lowest BCUT2D eigenvalue weighted by atomic mass is 9.98. The van der Waals surface area contributed by atoms with E-state index in [0.717, 1.165) is 11.1 Å². The van der Waals surface area contributed by atoms with Crippen LogP contribution in [0.5, 0.6) is 5.75 Å². The molecule has 0 aliphatic carbocycles. The van der Waals surface area contributed by atoms with Crippen molar-refractivity contribution in [2.24, 2.45) is 0 Å². The molecule has 0 aromatic heterocycles. The predicted octanol–water partition coefficient (Wildman–Crippen LogP) is 5.29. The van der Waals surface area contributed by atoms with Gasteiger partial charge in [0.25, 0.3) is 0 Å². The number of hydrogen-bond donors (Lipinski definition) is 0. The van der Waals surface area contributed by atoms with Crippen LogP contribution in [0, 0.1) is 13.8 Å². The quantitative estimate of drug-likeness (QED) is 0.699. The molecule has 2 rings (SSSR count). The molecule has 2 aromatic carbocycles. The molecule has 2 aromatic rings. The van der Waals surface area contributed by atoms with E-state index in [1.807, 2.05) is 18.2 Å². The molecule has 0 N–H and O–H groups in total. The zero-order valence-corrected chi connectivity index (χ0v) is 12.7. The highest BCUT2D eigenvalue weighted by Crippen LogP contribution is 2.35. The van der Waals surface area contributed by atoms with Gasteiger partial charge in [-0.3, -0.25) is 0 Å². The van der Waals surface area contributed by atoms with Gasteiger partial charge in [-0.15, -0.1) is 11.6 Å². The Morgan fingerprint density at radius 3 is 2.37 bits per heavy atom. The maximum Gasteiger partial charge on any atom is 0.137 e. The lowest BCUT2D eigenvalue weighted by Crippen LogP contribution is -1.97. The third kappa shape index (κ3) is 3.05. The van der Waals surface area contributed by atoms with Gasteiger partial charge in [-0.05, 0) is 42.7 Å².